The van der Waals surface area contributed by atoms with Crippen molar-refractivity contribution in [3.05, 3.63) is 48.5 Å². The molecule has 0 saturated carbocycles. The van der Waals surface area contributed by atoms with Gasteiger partial charge in [0.15, 0.2) is 0 Å². The molecule has 7 nitrogen and oxygen atoms in total. The van der Waals surface area contributed by atoms with Gasteiger partial charge in [-0.05, 0) is 48.5 Å². The first-order chi connectivity index (χ1) is 13.2. The standard InChI is InChI=1S/C6H4F4N2O2S2.C6H8N2.F4OS/c7-15(8,13)11-5-1-2-6(4-3-5)12-16(9,10)14;7-5-1-2-6(8)4-3-5;1-6(2,3,4)5/h1-4H;1-4H,7-8H2;. The summed E-state index contributed by atoms with van der Waals surface area (Å²) < 4.78 is 121. The molecule has 0 bridgehead atoms. The number of anilines is 2. The smallest absolute Gasteiger partial charge is 0.399 e. The van der Waals surface area contributed by atoms with Gasteiger partial charge in [0.05, 0.1) is 11.4 Å². The van der Waals surface area contributed by atoms with Gasteiger partial charge in [-0.25, -0.2) is 0 Å². The van der Waals surface area contributed by atoms with E-state index < -0.39 is 31.6 Å². The Morgan fingerprint density at radius 1 is 0.633 bits per heavy atom. The van der Waals surface area contributed by atoms with Gasteiger partial charge in [0.1, 0.15) is 0 Å². The molecule has 0 amide bonds. The maximum absolute atomic E-state index is 12.0. The van der Waals surface area contributed by atoms with Crippen molar-refractivity contribution in [3.63, 3.8) is 0 Å². The van der Waals surface area contributed by atoms with Crippen LogP contribution in [0, 0.1) is 0 Å². The van der Waals surface area contributed by atoms with Gasteiger partial charge in [-0.1, -0.05) is 31.1 Å². The Hall–Kier alpha value is -2.47. The fraction of sp³-hybridized carbons (Fsp3) is 0. The maximum atomic E-state index is 12.0. The minimum absolute atomic E-state index is 0.349. The number of nitrogens with two attached hydrogens (primary N) is 2. The first kappa shape index (κ1) is 27.5. The Labute approximate surface area is 167 Å². The third-order valence-corrected chi connectivity index (χ3v) is 3.06. The summed E-state index contributed by atoms with van der Waals surface area (Å²) in [6.07, 6.45) is 0. The molecule has 0 atom stereocenters. The third kappa shape index (κ3) is 20.3. The molecule has 2 rings (SSSR count). The van der Waals surface area contributed by atoms with Gasteiger partial charge in [-0.3, -0.25) is 0 Å². The van der Waals surface area contributed by atoms with Gasteiger partial charge in [0.2, 0.25) is 0 Å². The SMILES string of the molecule is Nc1ccc(N)cc1.O=S(F)(F)(F)F.O=S(F)(F)=Nc1ccc(N=S(=O)(F)F)cc1. The highest BCUT2D eigenvalue weighted by Gasteiger charge is 2.33. The quantitative estimate of drug-likeness (QED) is 0.309. The minimum atomic E-state index is -8.10. The highest BCUT2D eigenvalue weighted by atomic mass is 32.4. The van der Waals surface area contributed by atoms with E-state index in [2.05, 4.69) is 8.73 Å². The molecule has 18 heteroatoms. The molecule has 0 radical (unpaired) electrons. The second kappa shape index (κ2) is 10.0. The van der Waals surface area contributed by atoms with Crippen molar-refractivity contribution in [1.82, 2.24) is 0 Å². The molecule has 4 N–H and O–H groups in total. The first-order valence-electron chi connectivity index (χ1n) is 6.77. The lowest BCUT2D eigenvalue weighted by Gasteiger charge is -1.95. The lowest BCUT2D eigenvalue weighted by molar-refractivity contribution is 0.403. The minimum Gasteiger partial charge on any atom is -0.399 e. The number of hydrogen-bond acceptors (Lipinski definition) is 7. The van der Waals surface area contributed by atoms with Crippen molar-refractivity contribution >= 4 is 54.4 Å². The molecular weight excluding hydrogens is 496 g/mol. The molecular formula is C12H12F8N4O3S3. The van der Waals surface area contributed by atoms with Crippen LogP contribution in [0.15, 0.2) is 57.3 Å². The Kier molecular flexibility index (Phi) is 9.20. The highest BCUT2D eigenvalue weighted by molar-refractivity contribution is 8.01. The van der Waals surface area contributed by atoms with Crippen LogP contribution in [0.2, 0.25) is 0 Å². The van der Waals surface area contributed by atoms with E-state index in [0.717, 1.165) is 35.6 Å². The molecule has 2 aromatic rings. The molecule has 0 aliphatic rings. The average molecular weight is 508 g/mol. The van der Waals surface area contributed by atoms with E-state index in [1.165, 1.54) is 0 Å². The zero-order chi connectivity index (χ0) is 23.8. The molecule has 0 fully saturated rings. The highest BCUT2D eigenvalue weighted by Crippen LogP contribution is 2.31. The Bertz CT molecular complexity index is 1040. The van der Waals surface area contributed by atoms with Crippen LogP contribution in [0.4, 0.5) is 53.8 Å². The van der Waals surface area contributed by atoms with Crippen molar-refractivity contribution in [2.45, 2.75) is 0 Å². The number of benzene rings is 2. The predicted octanol–water partition coefficient (Wildman–Crippen LogP) is 5.62. The van der Waals surface area contributed by atoms with Gasteiger partial charge in [-0.2, -0.15) is 12.6 Å². The van der Waals surface area contributed by atoms with Crippen molar-refractivity contribution in [1.29, 1.82) is 0 Å². The van der Waals surface area contributed by atoms with Crippen LogP contribution in [-0.2, 0) is 31.6 Å². The molecule has 2 aromatic carbocycles. The van der Waals surface area contributed by atoms with Crippen molar-refractivity contribution < 1.29 is 43.7 Å². The molecule has 0 aliphatic carbocycles. The summed E-state index contributed by atoms with van der Waals surface area (Å²) in [7, 11) is -18.7. The van der Waals surface area contributed by atoms with Crippen molar-refractivity contribution in [3.8, 4) is 0 Å². The molecule has 0 spiro atoms. The lowest BCUT2D eigenvalue weighted by atomic mass is 10.3. The summed E-state index contributed by atoms with van der Waals surface area (Å²) in [6, 6.07) is 10.7. The second-order valence-corrected chi connectivity index (χ2v) is 7.92. The monoisotopic (exact) mass is 508 g/mol. The van der Waals surface area contributed by atoms with E-state index >= 15 is 0 Å². The Morgan fingerprint density at radius 2 is 0.833 bits per heavy atom. The van der Waals surface area contributed by atoms with Gasteiger partial charge >= 0.3 is 31.6 Å². The van der Waals surface area contributed by atoms with Gasteiger partial charge in [0.25, 0.3) is 0 Å². The topological polar surface area (TPSA) is 128 Å². The number of nitrogens with zero attached hydrogens (tertiary/aromatic N) is 2. The van der Waals surface area contributed by atoms with E-state index in [9.17, 15) is 39.5 Å². The fourth-order valence-corrected chi connectivity index (χ4v) is 2.05. The van der Waals surface area contributed by atoms with Crippen LogP contribution in [0.1, 0.15) is 0 Å². The van der Waals surface area contributed by atoms with E-state index in [4.69, 9.17) is 15.7 Å². The van der Waals surface area contributed by atoms with Gasteiger partial charge in [0, 0.05) is 11.4 Å². The lowest BCUT2D eigenvalue weighted by Crippen LogP contribution is -1.97. The molecule has 30 heavy (non-hydrogen) atoms. The van der Waals surface area contributed by atoms with Crippen molar-refractivity contribution in [2.24, 2.45) is 8.73 Å². The van der Waals surface area contributed by atoms with Crippen LogP contribution in [0.25, 0.3) is 0 Å². The molecule has 0 aliphatic heterocycles. The number of nitrogen functional groups attached to an aromatic ring is 2. The Morgan fingerprint density at radius 3 is 1.00 bits per heavy atom. The summed E-state index contributed by atoms with van der Waals surface area (Å²) in [6.45, 7) is 0. The summed E-state index contributed by atoms with van der Waals surface area (Å²) in [5, 5.41) is 0. The largest absolute Gasteiger partial charge is 0.456 e. The zero-order valence-electron chi connectivity index (χ0n) is 14.1. The van der Waals surface area contributed by atoms with E-state index in [1.54, 1.807) is 24.3 Å². The Balaban J connectivity index is 0.000000497. The number of rotatable bonds is 2. The van der Waals surface area contributed by atoms with Crippen molar-refractivity contribution in [2.75, 3.05) is 11.5 Å². The van der Waals surface area contributed by atoms with Crippen LogP contribution >= 0.6 is 0 Å². The molecule has 0 saturated heterocycles. The number of hydrogen-bond donors (Lipinski definition) is 2. The summed E-state index contributed by atoms with van der Waals surface area (Å²) in [5.74, 6) is 0. The van der Waals surface area contributed by atoms with E-state index in [0.29, 0.717) is 0 Å². The predicted molar refractivity (Wildman–Crippen MR) is 99.2 cm³/mol. The fourth-order valence-electron chi connectivity index (χ4n) is 1.32. The van der Waals surface area contributed by atoms with Crippen LogP contribution in [0.5, 0.6) is 0 Å². The van der Waals surface area contributed by atoms with Crippen LogP contribution < -0.4 is 11.5 Å². The van der Waals surface area contributed by atoms with Gasteiger partial charge < -0.3 is 11.5 Å². The molecule has 0 heterocycles. The van der Waals surface area contributed by atoms with Gasteiger partial charge in [-0.15, -0.1) is 8.73 Å². The molecule has 0 aromatic heterocycles. The summed E-state index contributed by atoms with van der Waals surface area (Å²) in [5.41, 5.74) is 11.5. The van der Waals surface area contributed by atoms with Crippen LogP contribution in [-0.4, -0.2) is 12.6 Å². The molecule has 0 unspecified atom stereocenters. The third-order valence-electron chi connectivity index (χ3n) is 2.21. The second-order valence-electron chi connectivity index (χ2n) is 4.76. The summed E-state index contributed by atoms with van der Waals surface area (Å²) in [4.78, 5) is 0. The maximum Gasteiger partial charge on any atom is 0.456 e. The first-order valence-corrected chi connectivity index (χ1v) is 11.0. The van der Waals surface area contributed by atoms with E-state index in [1.807, 2.05) is 0 Å². The van der Waals surface area contributed by atoms with E-state index in [-0.39, 0.29) is 11.4 Å². The van der Waals surface area contributed by atoms with Crippen LogP contribution in [0.3, 0.4) is 0 Å². The normalized spacial score (nSPS) is 12.7. The average Bonchev–Trinajstić information content (AvgIpc) is 2.48. The zero-order valence-corrected chi connectivity index (χ0v) is 16.6. The molecule has 172 valence electrons. The number of halogens is 8. The summed E-state index contributed by atoms with van der Waals surface area (Å²) >= 11 is 0.